The number of rotatable bonds is 6. The number of halogens is 3. The SMILES string of the molecule is C#CCOC[C@H]1CO[C@](Cn2ccnc2)(c2ccc(Cl)cc2Cl)O1.Cl. The van der Waals surface area contributed by atoms with Crippen molar-refractivity contribution in [3.63, 3.8) is 0 Å². The molecule has 134 valence electrons. The zero-order valence-electron chi connectivity index (χ0n) is 13.2. The van der Waals surface area contributed by atoms with Crippen LogP contribution in [0.5, 0.6) is 0 Å². The lowest BCUT2D eigenvalue weighted by atomic mass is 10.1. The van der Waals surface area contributed by atoms with Gasteiger partial charge in [0.25, 0.3) is 0 Å². The highest BCUT2D eigenvalue weighted by Gasteiger charge is 2.45. The van der Waals surface area contributed by atoms with Crippen molar-refractivity contribution in [2.24, 2.45) is 0 Å². The Bertz CT molecular complexity index is 733. The van der Waals surface area contributed by atoms with Gasteiger partial charge >= 0.3 is 0 Å². The molecule has 0 spiro atoms. The van der Waals surface area contributed by atoms with Gasteiger partial charge in [0.05, 0.1) is 31.1 Å². The molecule has 5 nitrogen and oxygen atoms in total. The lowest BCUT2D eigenvalue weighted by Gasteiger charge is -2.29. The van der Waals surface area contributed by atoms with Gasteiger partial charge in [-0.25, -0.2) is 4.98 Å². The fraction of sp³-hybridized carbons (Fsp3) is 0.353. The lowest BCUT2D eigenvalue weighted by molar-refractivity contribution is -0.191. The van der Waals surface area contributed by atoms with Crippen LogP contribution in [0, 0.1) is 12.3 Å². The fourth-order valence-electron chi connectivity index (χ4n) is 2.62. The van der Waals surface area contributed by atoms with Crippen molar-refractivity contribution in [2.75, 3.05) is 19.8 Å². The number of terminal acetylenes is 1. The van der Waals surface area contributed by atoms with Crippen molar-refractivity contribution < 1.29 is 14.2 Å². The third-order valence-corrected chi connectivity index (χ3v) is 4.19. The van der Waals surface area contributed by atoms with Crippen LogP contribution in [0.15, 0.2) is 36.9 Å². The standard InChI is InChI=1S/C17H16Cl2N2O3.ClH/c1-2-7-22-9-14-10-23-17(24-14,11-21-6-5-20-12-21)15-4-3-13(18)8-16(15)19;/h1,3-6,8,12,14H,7,9-11H2;1H/t14-,17-;/m0./s1. The maximum absolute atomic E-state index is 6.39. The summed E-state index contributed by atoms with van der Waals surface area (Å²) in [6.45, 7) is 1.36. The van der Waals surface area contributed by atoms with Crippen LogP contribution in [0.4, 0.5) is 0 Å². The van der Waals surface area contributed by atoms with E-state index in [0.29, 0.717) is 35.4 Å². The topological polar surface area (TPSA) is 45.5 Å². The first-order chi connectivity index (χ1) is 11.6. The molecule has 0 unspecified atom stereocenters. The predicted octanol–water partition coefficient (Wildman–Crippen LogP) is 3.53. The Labute approximate surface area is 162 Å². The van der Waals surface area contributed by atoms with Crippen molar-refractivity contribution in [2.45, 2.75) is 18.4 Å². The number of benzene rings is 1. The largest absolute Gasteiger partial charge is 0.366 e. The first-order valence-corrected chi connectivity index (χ1v) is 8.13. The van der Waals surface area contributed by atoms with Crippen LogP contribution in [0.2, 0.25) is 10.0 Å². The lowest BCUT2D eigenvalue weighted by Crippen LogP contribution is -2.34. The third kappa shape index (κ3) is 4.68. The van der Waals surface area contributed by atoms with Gasteiger partial charge in [-0.05, 0) is 12.1 Å². The Kier molecular flexibility index (Phi) is 7.14. The van der Waals surface area contributed by atoms with Crippen LogP contribution in [-0.2, 0) is 26.5 Å². The Hall–Kier alpha value is -1.26. The van der Waals surface area contributed by atoms with Gasteiger partial charge in [-0.1, -0.05) is 35.2 Å². The summed E-state index contributed by atoms with van der Waals surface area (Å²) in [5.41, 5.74) is 0.710. The fourth-order valence-corrected chi connectivity index (χ4v) is 3.18. The Morgan fingerprint density at radius 1 is 1.44 bits per heavy atom. The molecule has 2 atom stereocenters. The van der Waals surface area contributed by atoms with Crippen molar-refractivity contribution in [3.05, 3.63) is 52.5 Å². The summed E-state index contributed by atoms with van der Waals surface area (Å²) in [4.78, 5) is 4.06. The second-order valence-electron chi connectivity index (χ2n) is 5.38. The first-order valence-electron chi connectivity index (χ1n) is 7.37. The van der Waals surface area contributed by atoms with Crippen LogP contribution in [0.1, 0.15) is 5.56 Å². The van der Waals surface area contributed by atoms with Gasteiger partial charge in [0.2, 0.25) is 5.79 Å². The van der Waals surface area contributed by atoms with Crippen molar-refractivity contribution in [1.29, 1.82) is 0 Å². The minimum atomic E-state index is -1.04. The van der Waals surface area contributed by atoms with Gasteiger partial charge in [0, 0.05) is 23.0 Å². The van der Waals surface area contributed by atoms with Crippen molar-refractivity contribution in [1.82, 2.24) is 9.55 Å². The minimum Gasteiger partial charge on any atom is -0.366 e. The summed E-state index contributed by atoms with van der Waals surface area (Å²) in [6.07, 6.45) is 10.2. The highest BCUT2D eigenvalue weighted by Crippen LogP contribution is 2.40. The molecule has 1 saturated heterocycles. The molecule has 2 heterocycles. The Morgan fingerprint density at radius 3 is 2.96 bits per heavy atom. The predicted molar refractivity (Wildman–Crippen MR) is 98.1 cm³/mol. The molecule has 1 aromatic carbocycles. The molecule has 2 aromatic rings. The van der Waals surface area contributed by atoms with E-state index in [1.807, 2.05) is 16.8 Å². The zero-order valence-corrected chi connectivity index (χ0v) is 15.6. The minimum absolute atomic E-state index is 0. The molecule has 0 amide bonds. The van der Waals surface area contributed by atoms with Gasteiger partial charge < -0.3 is 18.8 Å². The number of hydrogen-bond acceptors (Lipinski definition) is 4. The quantitative estimate of drug-likeness (QED) is 0.547. The molecule has 1 fully saturated rings. The van der Waals surface area contributed by atoms with E-state index in [-0.39, 0.29) is 25.1 Å². The van der Waals surface area contributed by atoms with E-state index in [2.05, 4.69) is 10.9 Å². The molecule has 0 bridgehead atoms. The van der Waals surface area contributed by atoms with E-state index in [9.17, 15) is 0 Å². The second-order valence-corrected chi connectivity index (χ2v) is 6.23. The van der Waals surface area contributed by atoms with Crippen molar-refractivity contribution >= 4 is 35.6 Å². The molecular weight excluding hydrogens is 387 g/mol. The van der Waals surface area contributed by atoms with Crippen LogP contribution in [-0.4, -0.2) is 35.5 Å². The molecule has 3 rings (SSSR count). The normalized spacial score (nSPS) is 22.4. The van der Waals surface area contributed by atoms with E-state index in [1.54, 1.807) is 24.7 Å². The van der Waals surface area contributed by atoms with E-state index in [0.717, 1.165) is 0 Å². The molecule has 25 heavy (non-hydrogen) atoms. The van der Waals surface area contributed by atoms with Gasteiger partial charge in [0.1, 0.15) is 12.7 Å². The number of hydrogen-bond donors (Lipinski definition) is 0. The van der Waals surface area contributed by atoms with E-state index >= 15 is 0 Å². The highest BCUT2D eigenvalue weighted by molar-refractivity contribution is 6.35. The molecule has 0 saturated carbocycles. The number of imidazole rings is 1. The van der Waals surface area contributed by atoms with Crippen LogP contribution < -0.4 is 0 Å². The monoisotopic (exact) mass is 402 g/mol. The molecular formula is C17H17Cl3N2O3. The Balaban J connectivity index is 0.00000225. The molecule has 0 radical (unpaired) electrons. The van der Waals surface area contributed by atoms with Gasteiger partial charge in [-0.2, -0.15) is 0 Å². The molecule has 8 heteroatoms. The summed E-state index contributed by atoms with van der Waals surface area (Å²) < 4.78 is 19.5. The number of ether oxygens (including phenoxy) is 3. The summed E-state index contributed by atoms with van der Waals surface area (Å²) in [6, 6.07) is 5.24. The second kappa shape index (κ2) is 8.91. The van der Waals surface area contributed by atoms with Gasteiger partial charge in [0.15, 0.2) is 0 Å². The van der Waals surface area contributed by atoms with Crippen LogP contribution in [0.25, 0.3) is 0 Å². The Morgan fingerprint density at radius 2 is 2.28 bits per heavy atom. The molecule has 1 aliphatic heterocycles. The number of aromatic nitrogens is 2. The molecule has 0 aliphatic carbocycles. The molecule has 1 aromatic heterocycles. The van der Waals surface area contributed by atoms with Crippen LogP contribution in [0.3, 0.4) is 0 Å². The van der Waals surface area contributed by atoms with Gasteiger partial charge in [-0.3, -0.25) is 0 Å². The average molecular weight is 404 g/mol. The average Bonchev–Trinajstić information content (AvgIpc) is 3.19. The third-order valence-electron chi connectivity index (χ3n) is 3.64. The summed E-state index contributed by atoms with van der Waals surface area (Å²) in [7, 11) is 0. The smallest absolute Gasteiger partial charge is 0.215 e. The molecule has 1 aliphatic rings. The maximum Gasteiger partial charge on any atom is 0.215 e. The summed E-state index contributed by atoms with van der Waals surface area (Å²) >= 11 is 12.4. The van der Waals surface area contributed by atoms with E-state index in [4.69, 9.17) is 43.8 Å². The van der Waals surface area contributed by atoms with Crippen LogP contribution >= 0.6 is 35.6 Å². The van der Waals surface area contributed by atoms with Gasteiger partial charge in [-0.15, -0.1) is 18.8 Å². The highest BCUT2D eigenvalue weighted by atomic mass is 35.5. The van der Waals surface area contributed by atoms with E-state index in [1.165, 1.54) is 0 Å². The number of nitrogens with zero attached hydrogens (tertiary/aromatic N) is 2. The maximum atomic E-state index is 6.39. The van der Waals surface area contributed by atoms with E-state index < -0.39 is 5.79 Å². The zero-order chi connectivity index (χ0) is 17.0. The first kappa shape index (κ1) is 20.1. The summed E-state index contributed by atoms with van der Waals surface area (Å²) in [5, 5.41) is 1.03. The summed E-state index contributed by atoms with van der Waals surface area (Å²) in [5.74, 6) is 1.39. The van der Waals surface area contributed by atoms with Crippen molar-refractivity contribution in [3.8, 4) is 12.3 Å². The molecule has 0 N–H and O–H groups in total.